The Hall–Kier alpha value is -0.510. The number of hydrogen-bond donors (Lipinski definition) is 0. The van der Waals surface area contributed by atoms with E-state index in [9.17, 15) is 9.90 Å². The van der Waals surface area contributed by atoms with Crippen LogP contribution >= 0.6 is 0 Å². The van der Waals surface area contributed by atoms with Gasteiger partial charge in [0, 0.05) is 0 Å². The summed E-state index contributed by atoms with van der Waals surface area (Å²) < 4.78 is 5.10. The summed E-state index contributed by atoms with van der Waals surface area (Å²) in [5.41, 5.74) is 3.12. The average Bonchev–Trinajstić information content (AvgIpc) is 2.08. The van der Waals surface area contributed by atoms with Crippen molar-refractivity contribution in [3.05, 3.63) is 28.8 Å². The van der Waals surface area contributed by atoms with Crippen molar-refractivity contribution in [2.24, 2.45) is 0 Å². The zero-order valence-corrected chi connectivity index (χ0v) is 11.6. The Balaban J connectivity index is 0.00000196. The number of carboxylic acids is 1. The van der Waals surface area contributed by atoms with Gasteiger partial charge in [-0.2, -0.15) is 0 Å². The molecule has 0 amide bonds. The standard InChI is InChI=1S/C11H14O3.Na/c1-7-4-8(2)9(3)10(5-7)14-6-11(12)13;/h4-5H,6H2,1-3H3,(H,12,13);/q;+1/p-1. The van der Waals surface area contributed by atoms with Crippen LogP contribution in [0.5, 0.6) is 5.75 Å². The predicted molar refractivity (Wildman–Crippen MR) is 51.2 cm³/mol. The molecule has 0 fully saturated rings. The van der Waals surface area contributed by atoms with Crippen LogP contribution in [-0.4, -0.2) is 12.6 Å². The fourth-order valence-electron chi connectivity index (χ4n) is 1.29. The van der Waals surface area contributed by atoms with Crippen LogP contribution in [0.25, 0.3) is 0 Å². The number of carboxylic acid groups (broad SMARTS) is 1. The number of carbonyl (C=O) groups is 1. The molecule has 15 heavy (non-hydrogen) atoms. The summed E-state index contributed by atoms with van der Waals surface area (Å²) in [5, 5.41) is 10.2. The molecule has 0 radical (unpaired) electrons. The van der Waals surface area contributed by atoms with Gasteiger partial charge in [-0.05, 0) is 43.5 Å². The number of rotatable bonds is 3. The van der Waals surface area contributed by atoms with Crippen molar-refractivity contribution in [1.82, 2.24) is 0 Å². The Bertz CT molecular complexity index is 361. The van der Waals surface area contributed by atoms with E-state index in [4.69, 9.17) is 4.74 Å². The first-order valence-corrected chi connectivity index (χ1v) is 4.41. The number of hydrogen-bond acceptors (Lipinski definition) is 3. The van der Waals surface area contributed by atoms with Crippen LogP contribution in [0.1, 0.15) is 16.7 Å². The normalized spacial score (nSPS) is 9.27. The molecule has 1 aromatic rings. The van der Waals surface area contributed by atoms with E-state index in [1.54, 1.807) is 0 Å². The third kappa shape index (κ3) is 4.24. The van der Waals surface area contributed by atoms with Gasteiger partial charge in [0.1, 0.15) is 12.4 Å². The van der Waals surface area contributed by atoms with Crippen LogP contribution in [0.15, 0.2) is 12.1 Å². The SMILES string of the molecule is Cc1cc(C)c(C)c(OCC(=O)[O-])c1.[Na+]. The monoisotopic (exact) mass is 216 g/mol. The molecule has 1 rings (SSSR count). The molecule has 0 spiro atoms. The van der Waals surface area contributed by atoms with Crippen molar-refractivity contribution < 1.29 is 44.2 Å². The van der Waals surface area contributed by atoms with Gasteiger partial charge in [-0.3, -0.25) is 0 Å². The maximum absolute atomic E-state index is 10.2. The van der Waals surface area contributed by atoms with Gasteiger partial charge < -0.3 is 14.6 Å². The number of aliphatic carboxylic acids is 1. The summed E-state index contributed by atoms with van der Waals surface area (Å²) in [6, 6.07) is 3.85. The Morgan fingerprint density at radius 2 is 1.93 bits per heavy atom. The minimum atomic E-state index is -1.21. The van der Waals surface area contributed by atoms with Gasteiger partial charge in [0.05, 0.1) is 5.97 Å². The van der Waals surface area contributed by atoms with Gasteiger partial charge in [-0.15, -0.1) is 0 Å². The molecule has 0 unspecified atom stereocenters. The molecule has 0 saturated heterocycles. The smallest absolute Gasteiger partial charge is 0.546 e. The topological polar surface area (TPSA) is 49.4 Å². The summed E-state index contributed by atoms with van der Waals surface area (Å²) in [5.74, 6) is -0.588. The van der Waals surface area contributed by atoms with E-state index >= 15 is 0 Å². The van der Waals surface area contributed by atoms with Crippen molar-refractivity contribution in [3.63, 3.8) is 0 Å². The van der Waals surface area contributed by atoms with Crippen LogP contribution in [-0.2, 0) is 4.79 Å². The minimum absolute atomic E-state index is 0. The first-order valence-electron chi connectivity index (χ1n) is 4.41. The third-order valence-electron chi connectivity index (χ3n) is 2.11. The molecule has 0 bridgehead atoms. The number of carbonyl (C=O) groups excluding carboxylic acids is 1. The van der Waals surface area contributed by atoms with Gasteiger partial charge in [-0.1, -0.05) is 6.07 Å². The molecule has 0 N–H and O–H groups in total. The van der Waals surface area contributed by atoms with E-state index in [1.165, 1.54) is 0 Å². The van der Waals surface area contributed by atoms with Crippen molar-refractivity contribution in [2.45, 2.75) is 20.8 Å². The summed E-state index contributed by atoms with van der Waals surface area (Å²) >= 11 is 0. The second-order valence-corrected chi connectivity index (χ2v) is 3.37. The van der Waals surface area contributed by atoms with Gasteiger partial charge in [0.15, 0.2) is 0 Å². The molecule has 0 heterocycles. The molecule has 0 atom stereocenters. The van der Waals surface area contributed by atoms with E-state index in [-0.39, 0.29) is 29.6 Å². The predicted octanol–water partition coefficient (Wildman–Crippen LogP) is -2.26. The van der Waals surface area contributed by atoms with Crippen LogP contribution in [0, 0.1) is 20.8 Å². The zero-order valence-electron chi connectivity index (χ0n) is 9.59. The number of ether oxygens (including phenoxy) is 1. The van der Waals surface area contributed by atoms with E-state index in [1.807, 2.05) is 32.9 Å². The zero-order chi connectivity index (χ0) is 10.7. The van der Waals surface area contributed by atoms with Crippen molar-refractivity contribution in [2.75, 3.05) is 6.61 Å². The van der Waals surface area contributed by atoms with Gasteiger partial charge in [0.2, 0.25) is 0 Å². The van der Waals surface area contributed by atoms with Crippen LogP contribution < -0.4 is 39.4 Å². The first kappa shape index (κ1) is 14.5. The molecular formula is C11H13NaO3. The Kier molecular flexibility index (Phi) is 5.95. The summed E-state index contributed by atoms with van der Waals surface area (Å²) in [7, 11) is 0. The molecule has 4 heteroatoms. The van der Waals surface area contributed by atoms with E-state index in [0.717, 1.165) is 16.7 Å². The minimum Gasteiger partial charge on any atom is -0.546 e. The molecular weight excluding hydrogens is 203 g/mol. The number of benzene rings is 1. The molecule has 0 aliphatic carbocycles. The quantitative estimate of drug-likeness (QED) is 0.536. The van der Waals surface area contributed by atoms with E-state index < -0.39 is 12.6 Å². The summed E-state index contributed by atoms with van der Waals surface area (Å²) in [4.78, 5) is 10.2. The third-order valence-corrected chi connectivity index (χ3v) is 2.11. The Morgan fingerprint density at radius 1 is 1.33 bits per heavy atom. The Labute approximate surface area is 112 Å². The molecule has 76 valence electrons. The molecule has 0 aliphatic heterocycles. The molecule has 1 aromatic carbocycles. The molecule has 3 nitrogen and oxygen atoms in total. The van der Waals surface area contributed by atoms with Crippen LogP contribution in [0.2, 0.25) is 0 Å². The Morgan fingerprint density at radius 3 is 2.47 bits per heavy atom. The fraction of sp³-hybridized carbons (Fsp3) is 0.364. The second-order valence-electron chi connectivity index (χ2n) is 3.37. The van der Waals surface area contributed by atoms with E-state index in [0.29, 0.717) is 5.75 Å². The van der Waals surface area contributed by atoms with Crippen molar-refractivity contribution in [1.29, 1.82) is 0 Å². The number of aryl methyl sites for hydroxylation is 2. The average molecular weight is 216 g/mol. The van der Waals surface area contributed by atoms with Crippen LogP contribution in [0.4, 0.5) is 0 Å². The second kappa shape index (κ2) is 6.16. The molecule has 0 aliphatic rings. The van der Waals surface area contributed by atoms with Crippen molar-refractivity contribution >= 4 is 5.97 Å². The summed E-state index contributed by atoms with van der Waals surface area (Å²) in [6.07, 6.45) is 0. The van der Waals surface area contributed by atoms with Gasteiger partial charge in [-0.25, -0.2) is 0 Å². The maximum atomic E-state index is 10.2. The first-order chi connectivity index (χ1) is 6.50. The maximum Gasteiger partial charge on any atom is 1.00 e. The molecule has 0 saturated carbocycles. The van der Waals surface area contributed by atoms with Crippen molar-refractivity contribution in [3.8, 4) is 5.75 Å². The van der Waals surface area contributed by atoms with Gasteiger partial charge >= 0.3 is 29.6 Å². The van der Waals surface area contributed by atoms with Gasteiger partial charge in [0.25, 0.3) is 0 Å². The van der Waals surface area contributed by atoms with E-state index in [2.05, 4.69) is 0 Å². The largest absolute Gasteiger partial charge is 1.00 e. The fourth-order valence-corrected chi connectivity index (χ4v) is 1.29. The summed E-state index contributed by atoms with van der Waals surface area (Å²) in [6.45, 7) is 5.41. The molecule has 0 aromatic heterocycles. The van der Waals surface area contributed by atoms with Crippen LogP contribution in [0.3, 0.4) is 0 Å².